The lowest BCUT2D eigenvalue weighted by Gasteiger charge is -2.35. The second kappa shape index (κ2) is 7.61. The molecule has 0 spiro atoms. The smallest absolute Gasteiger partial charge is 0.0674 e. The van der Waals surface area contributed by atoms with Gasteiger partial charge in [0.1, 0.15) is 0 Å². The van der Waals surface area contributed by atoms with Crippen molar-refractivity contribution in [2.24, 2.45) is 17.6 Å². The lowest BCUT2D eigenvalue weighted by molar-refractivity contribution is -0.111. The van der Waals surface area contributed by atoms with Crippen molar-refractivity contribution in [1.82, 2.24) is 0 Å². The summed E-state index contributed by atoms with van der Waals surface area (Å²) in [7, 11) is 0. The number of hydrogen-bond acceptors (Lipinski definition) is 3. The molecule has 0 radical (unpaired) electrons. The highest BCUT2D eigenvalue weighted by molar-refractivity contribution is 4.79. The summed E-state index contributed by atoms with van der Waals surface area (Å²) in [6.45, 7) is 18.4. The fraction of sp³-hybridized carbons (Fsp3) is 1.00. The van der Waals surface area contributed by atoms with Crippen molar-refractivity contribution >= 4 is 0 Å². The largest absolute Gasteiger partial charge is 0.375 e. The average molecular weight is 273 g/mol. The molecule has 0 saturated heterocycles. The monoisotopic (exact) mass is 273 g/mol. The first-order chi connectivity index (χ1) is 8.46. The van der Waals surface area contributed by atoms with Crippen LogP contribution in [0.3, 0.4) is 0 Å². The normalized spacial score (nSPS) is 16.7. The molecule has 0 heterocycles. The fourth-order valence-electron chi connectivity index (χ4n) is 2.08. The minimum absolute atomic E-state index is 0.0698. The lowest BCUT2D eigenvalue weighted by atomic mass is 9.92. The SMILES string of the molecule is CC(C)CC(C)(C)OCC(C)C(C)(C)OCC(C)N. The Kier molecular flexibility index (Phi) is 7.56. The zero-order chi connectivity index (χ0) is 15.3. The number of nitrogens with two attached hydrogens (primary N) is 1. The summed E-state index contributed by atoms with van der Waals surface area (Å²) in [5.41, 5.74) is 5.46. The van der Waals surface area contributed by atoms with E-state index in [1.165, 1.54) is 0 Å². The molecule has 0 amide bonds. The van der Waals surface area contributed by atoms with Gasteiger partial charge in [0.2, 0.25) is 0 Å². The summed E-state index contributed by atoms with van der Waals surface area (Å²) in [5.74, 6) is 0.977. The molecule has 0 aromatic rings. The maximum atomic E-state index is 6.08. The molecule has 0 aromatic heterocycles. The second-order valence-electron chi connectivity index (χ2n) is 7.46. The average Bonchev–Trinajstić information content (AvgIpc) is 2.21. The van der Waals surface area contributed by atoms with Crippen LogP contribution in [0.1, 0.15) is 61.8 Å². The zero-order valence-corrected chi connectivity index (χ0v) is 14.2. The molecular formula is C16H35NO2. The van der Waals surface area contributed by atoms with E-state index in [4.69, 9.17) is 15.2 Å². The van der Waals surface area contributed by atoms with Crippen molar-refractivity contribution in [2.45, 2.75) is 79.1 Å². The molecule has 2 N–H and O–H groups in total. The van der Waals surface area contributed by atoms with Crippen LogP contribution in [-0.4, -0.2) is 30.5 Å². The first-order valence-electron chi connectivity index (χ1n) is 7.50. The Morgan fingerprint density at radius 3 is 1.84 bits per heavy atom. The van der Waals surface area contributed by atoms with Crippen LogP contribution in [-0.2, 0) is 9.47 Å². The topological polar surface area (TPSA) is 44.5 Å². The summed E-state index contributed by atoms with van der Waals surface area (Å²) in [6, 6.07) is 0.0739. The number of ether oxygens (including phenoxy) is 2. The van der Waals surface area contributed by atoms with E-state index in [9.17, 15) is 0 Å². The first-order valence-corrected chi connectivity index (χ1v) is 7.50. The third-order valence-corrected chi connectivity index (χ3v) is 3.53. The molecule has 19 heavy (non-hydrogen) atoms. The Bertz CT molecular complexity index is 247. The molecule has 0 saturated carbocycles. The van der Waals surface area contributed by atoms with Gasteiger partial charge in [-0.3, -0.25) is 0 Å². The maximum absolute atomic E-state index is 6.08. The van der Waals surface area contributed by atoms with Crippen molar-refractivity contribution in [1.29, 1.82) is 0 Å². The van der Waals surface area contributed by atoms with Gasteiger partial charge in [-0.15, -0.1) is 0 Å². The van der Waals surface area contributed by atoms with Gasteiger partial charge in [-0.05, 0) is 47.0 Å². The van der Waals surface area contributed by atoms with Crippen LogP contribution in [0.15, 0.2) is 0 Å². The van der Waals surface area contributed by atoms with Crippen molar-refractivity contribution in [3.63, 3.8) is 0 Å². The van der Waals surface area contributed by atoms with Gasteiger partial charge in [0.15, 0.2) is 0 Å². The predicted octanol–water partition coefficient (Wildman–Crippen LogP) is 3.61. The number of rotatable bonds is 9. The van der Waals surface area contributed by atoms with Gasteiger partial charge in [0, 0.05) is 12.0 Å². The molecule has 116 valence electrons. The van der Waals surface area contributed by atoms with Gasteiger partial charge in [0.25, 0.3) is 0 Å². The van der Waals surface area contributed by atoms with E-state index >= 15 is 0 Å². The molecule has 2 atom stereocenters. The van der Waals surface area contributed by atoms with Gasteiger partial charge < -0.3 is 15.2 Å². The van der Waals surface area contributed by atoms with Crippen molar-refractivity contribution in [2.75, 3.05) is 13.2 Å². The predicted molar refractivity (Wildman–Crippen MR) is 82.3 cm³/mol. The zero-order valence-electron chi connectivity index (χ0n) is 14.2. The molecule has 3 heteroatoms. The van der Waals surface area contributed by atoms with E-state index in [1.54, 1.807) is 0 Å². The molecule has 0 aliphatic rings. The van der Waals surface area contributed by atoms with Crippen LogP contribution in [0.4, 0.5) is 0 Å². The first kappa shape index (κ1) is 18.9. The van der Waals surface area contributed by atoms with E-state index in [0.29, 0.717) is 25.0 Å². The minimum atomic E-state index is -0.207. The summed E-state index contributed by atoms with van der Waals surface area (Å²) in [5, 5.41) is 0. The summed E-state index contributed by atoms with van der Waals surface area (Å²) >= 11 is 0. The number of hydrogen-bond donors (Lipinski definition) is 1. The Labute approximate surface area is 120 Å². The van der Waals surface area contributed by atoms with E-state index in [2.05, 4.69) is 48.5 Å². The Balaban J connectivity index is 4.24. The van der Waals surface area contributed by atoms with Crippen molar-refractivity contribution in [3.05, 3.63) is 0 Å². The highest BCUT2D eigenvalue weighted by atomic mass is 16.5. The van der Waals surface area contributed by atoms with E-state index in [-0.39, 0.29) is 17.2 Å². The highest BCUT2D eigenvalue weighted by Gasteiger charge is 2.29. The molecule has 0 aliphatic carbocycles. The molecule has 0 fully saturated rings. The van der Waals surface area contributed by atoms with Crippen LogP contribution < -0.4 is 5.73 Å². The molecule has 0 aromatic carbocycles. The van der Waals surface area contributed by atoms with Crippen LogP contribution in [0.2, 0.25) is 0 Å². The molecule has 0 bridgehead atoms. The van der Waals surface area contributed by atoms with Crippen LogP contribution >= 0.6 is 0 Å². The summed E-state index contributed by atoms with van der Waals surface area (Å²) < 4.78 is 12.0. The summed E-state index contributed by atoms with van der Waals surface area (Å²) in [6.07, 6.45) is 1.07. The molecule has 3 nitrogen and oxygen atoms in total. The minimum Gasteiger partial charge on any atom is -0.375 e. The van der Waals surface area contributed by atoms with E-state index in [1.807, 2.05) is 6.92 Å². The van der Waals surface area contributed by atoms with Crippen LogP contribution in [0.25, 0.3) is 0 Å². The van der Waals surface area contributed by atoms with Crippen molar-refractivity contribution < 1.29 is 9.47 Å². The van der Waals surface area contributed by atoms with Gasteiger partial charge >= 0.3 is 0 Å². The van der Waals surface area contributed by atoms with Gasteiger partial charge in [0.05, 0.1) is 24.4 Å². The highest BCUT2D eigenvalue weighted by Crippen LogP contribution is 2.26. The quantitative estimate of drug-likeness (QED) is 0.698. The second-order valence-corrected chi connectivity index (χ2v) is 7.46. The van der Waals surface area contributed by atoms with Gasteiger partial charge in [-0.2, -0.15) is 0 Å². The fourth-order valence-corrected chi connectivity index (χ4v) is 2.08. The van der Waals surface area contributed by atoms with Crippen LogP contribution in [0.5, 0.6) is 0 Å². The Hall–Kier alpha value is -0.120. The summed E-state index contributed by atoms with van der Waals surface area (Å²) in [4.78, 5) is 0. The van der Waals surface area contributed by atoms with Crippen LogP contribution in [0, 0.1) is 11.8 Å². The van der Waals surface area contributed by atoms with E-state index < -0.39 is 0 Å². The molecular weight excluding hydrogens is 238 g/mol. The standard InChI is InChI=1S/C16H35NO2/c1-12(2)9-15(5,6)18-10-13(3)16(7,8)19-11-14(4)17/h12-14H,9-11,17H2,1-8H3. The third-order valence-electron chi connectivity index (χ3n) is 3.53. The molecule has 0 rings (SSSR count). The Morgan fingerprint density at radius 2 is 1.42 bits per heavy atom. The van der Waals surface area contributed by atoms with Gasteiger partial charge in [-0.25, -0.2) is 0 Å². The van der Waals surface area contributed by atoms with E-state index in [0.717, 1.165) is 6.42 Å². The molecule has 2 unspecified atom stereocenters. The Morgan fingerprint density at radius 1 is 0.895 bits per heavy atom. The van der Waals surface area contributed by atoms with Crippen molar-refractivity contribution in [3.8, 4) is 0 Å². The van der Waals surface area contributed by atoms with Gasteiger partial charge in [-0.1, -0.05) is 20.8 Å². The lowest BCUT2D eigenvalue weighted by Crippen LogP contribution is -2.40. The third kappa shape index (κ3) is 8.61. The molecule has 0 aliphatic heterocycles. The maximum Gasteiger partial charge on any atom is 0.0674 e.